The number of rotatable bonds is 2. The van der Waals surface area contributed by atoms with Crippen LogP contribution in [0.15, 0.2) is 41.3 Å². The molecule has 0 spiro atoms. The standard InChI is InChI=1S/C15H12ClF2NO2S/c16-9-1-3-10(4-2-9)22(20,21)13-7-8-19-15-12(18)6-5-11(17)14(13)15/h1-6,13,19H,7-8H2. The Hall–Kier alpha value is -1.66. The van der Waals surface area contributed by atoms with Crippen molar-refractivity contribution in [1.82, 2.24) is 0 Å². The van der Waals surface area contributed by atoms with Gasteiger partial charge in [-0.2, -0.15) is 0 Å². The molecule has 22 heavy (non-hydrogen) atoms. The molecule has 0 fully saturated rings. The van der Waals surface area contributed by atoms with Gasteiger partial charge >= 0.3 is 0 Å². The van der Waals surface area contributed by atoms with Crippen molar-refractivity contribution in [2.24, 2.45) is 0 Å². The Kier molecular flexibility index (Phi) is 3.82. The number of hydrogen-bond donors (Lipinski definition) is 1. The monoisotopic (exact) mass is 343 g/mol. The van der Waals surface area contributed by atoms with Gasteiger partial charge in [-0.3, -0.25) is 0 Å². The number of halogens is 3. The van der Waals surface area contributed by atoms with E-state index in [1.54, 1.807) is 0 Å². The first-order chi connectivity index (χ1) is 10.4. The van der Waals surface area contributed by atoms with Crippen molar-refractivity contribution in [3.05, 3.63) is 58.6 Å². The third-order valence-corrected chi connectivity index (χ3v) is 6.09. The molecule has 1 aliphatic rings. The third-order valence-electron chi connectivity index (χ3n) is 3.69. The minimum atomic E-state index is -3.84. The van der Waals surface area contributed by atoms with Gasteiger partial charge in [-0.15, -0.1) is 0 Å². The average molecular weight is 344 g/mol. The van der Waals surface area contributed by atoms with Crippen molar-refractivity contribution in [2.75, 3.05) is 11.9 Å². The molecular formula is C15H12ClF2NO2S. The van der Waals surface area contributed by atoms with E-state index in [0.29, 0.717) is 5.02 Å². The Morgan fingerprint density at radius 1 is 1.05 bits per heavy atom. The molecule has 1 heterocycles. The summed E-state index contributed by atoms with van der Waals surface area (Å²) in [5.41, 5.74) is -0.213. The molecule has 0 amide bonds. The number of nitrogens with one attached hydrogen (secondary N) is 1. The maximum absolute atomic E-state index is 14.1. The molecule has 1 N–H and O–H groups in total. The largest absolute Gasteiger partial charge is 0.382 e. The van der Waals surface area contributed by atoms with Gasteiger partial charge < -0.3 is 5.32 Å². The summed E-state index contributed by atoms with van der Waals surface area (Å²) < 4.78 is 53.5. The van der Waals surface area contributed by atoms with Crippen molar-refractivity contribution < 1.29 is 17.2 Å². The summed E-state index contributed by atoms with van der Waals surface area (Å²) in [7, 11) is -3.84. The van der Waals surface area contributed by atoms with Crippen LogP contribution in [-0.4, -0.2) is 15.0 Å². The Balaban J connectivity index is 2.15. The van der Waals surface area contributed by atoms with Crippen molar-refractivity contribution in [1.29, 1.82) is 0 Å². The molecule has 1 unspecified atom stereocenters. The molecule has 3 nitrogen and oxygen atoms in total. The molecular weight excluding hydrogens is 332 g/mol. The summed E-state index contributed by atoms with van der Waals surface area (Å²) in [6, 6.07) is 7.59. The lowest BCUT2D eigenvalue weighted by Gasteiger charge is -2.27. The summed E-state index contributed by atoms with van der Waals surface area (Å²) in [6.45, 7) is 0.255. The summed E-state index contributed by atoms with van der Waals surface area (Å²) in [4.78, 5) is 0.0402. The van der Waals surface area contributed by atoms with Gasteiger partial charge in [-0.05, 0) is 42.8 Å². The molecule has 0 saturated heterocycles. The predicted molar refractivity (Wildman–Crippen MR) is 80.8 cm³/mol. The third kappa shape index (κ3) is 2.46. The Morgan fingerprint density at radius 2 is 1.68 bits per heavy atom. The van der Waals surface area contributed by atoms with Crippen LogP contribution < -0.4 is 5.32 Å². The first-order valence-corrected chi connectivity index (χ1v) is 8.55. The molecule has 2 aromatic carbocycles. The number of benzene rings is 2. The van der Waals surface area contributed by atoms with Gasteiger partial charge in [0.1, 0.15) is 11.6 Å². The van der Waals surface area contributed by atoms with E-state index in [-0.39, 0.29) is 29.1 Å². The fraction of sp³-hybridized carbons (Fsp3) is 0.200. The molecule has 3 rings (SSSR count). The minimum absolute atomic E-state index is 0.0402. The second-order valence-corrected chi connectivity index (χ2v) is 7.59. The lowest BCUT2D eigenvalue weighted by Crippen LogP contribution is -2.25. The molecule has 2 aromatic rings. The van der Waals surface area contributed by atoms with E-state index in [9.17, 15) is 17.2 Å². The predicted octanol–water partition coefficient (Wildman–Crippen LogP) is 3.95. The lowest BCUT2D eigenvalue weighted by molar-refractivity contribution is 0.548. The second-order valence-electron chi connectivity index (χ2n) is 5.02. The number of fused-ring (bicyclic) bond motifs is 1. The number of sulfone groups is 1. The van der Waals surface area contributed by atoms with Crippen molar-refractivity contribution in [3.8, 4) is 0 Å². The van der Waals surface area contributed by atoms with Crippen molar-refractivity contribution in [2.45, 2.75) is 16.6 Å². The van der Waals surface area contributed by atoms with Crippen LogP contribution in [0.2, 0.25) is 5.02 Å². The van der Waals surface area contributed by atoms with Crippen LogP contribution in [0.4, 0.5) is 14.5 Å². The molecule has 0 radical (unpaired) electrons. The Morgan fingerprint density at radius 3 is 2.36 bits per heavy atom. The van der Waals surface area contributed by atoms with Crippen molar-refractivity contribution in [3.63, 3.8) is 0 Å². The first kappa shape index (κ1) is 15.2. The van der Waals surface area contributed by atoms with Gasteiger partial charge in [0, 0.05) is 17.1 Å². The highest BCUT2D eigenvalue weighted by Gasteiger charge is 2.36. The lowest BCUT2D eigenvalue weighted by atomic mass is 10.0. The fourth-order valence-electron chi connectivity index (χ4n) is 2.63. The van der Waals surface area contributed by atoms with Crippen LogP contribution in [0.3, 0.4) is 0 Å². The normalized spacial score (nSPS) is 17.7. The Bertz CT molecular complexity index is 822. The van der Waals surface area contributed by atoms with Gasteiger partial charge in [-0.25, -0.2) is 17.2 Å². The van der Waals surface area contributed by atoms with E-state index in [2.05, 4.69) is 5.32 Å². The van der Waals surface area contributed by atoms with Crippen LogP contribution >= 0.6 is 11.6 Å². The second kappa shape index (κ2) is 5.52. The summed E-state index contributed by atoms with van der Waals surface area (Å²) in [5.74, 6) is -1.39. The molecule has 116 valence electrons. The van der Waals surface area contributed by atoms with Crippen LogP contribution in [0.1, 0.15) is 17.2 Å². The van der Waals surface area contributed by atoms with Crippen LogP contribution in [0.25, 0.3) is 0 Å². The molecule has 1 aliphatic heterocycles. The quantitative estimate of drug-likeness (QED) is 0.898. The highest BCUT2D eigenvalue weighted by atomic mass is 35.5. The fourth-order valence-corrected chi connectivity index (χ4v) is 4.57. The Labute approximate surface area is 131 Å². The molecule has 7 heteroatoms. The average Bonchev–Trinajstić information content (AvgIpc) is 2.51. The molecule has 1 atom stereocenters. The van der Waals surface area contributed by atoms with E-state index in [1.807, 2.05) is 0 Å². The van der Waals surface area contributed by atoms with E-state index >= 15 is 0 Å². The van der Waals surface area contributed by atoms with Gasteiger partial charge in [-0.1, -0.05) is 11.6 Å². The van der Waals surface area contributed by atoms with Crippen LogP contribution in [0.5, 0.6) is 0 Å². The van der Waals surface area contributed by atoms with Gasteiger partial charge in [0.05, 0.1) is 15.8 Å². The zero-order chi connectivity index (χ0) is 15.9. The smallest absolute Gasteiger partial charge is 0.185 e. The van der Waals surface area contributed by atoms with E-state index in [4.69, 9.17) is 11.6 Å². The van der Waals surface area contributed by atoms with E-state index < -0.39 is 26.7 Å². The van der Waals surface area contributed by atoms with Crippen molar-refractivity contribution >= 4 is 27.1 Å². The highest BCUT2D eigenvalue weighted by molar-refractivity contribution is 7.91. The maximum atomic E-state index is 14.1. The SMILES string of the molecule is O=S(=O)(c1ccc(Cl)cc1)C1CCNc2c(F)ccc(F)c21. The number of anilines is 1. The summed E-state index contributed by atoms with van der Waals surface area (Å²) in [6.07, 6.45) is 0.165. The van der Waals surface area contributed by atoms with E-state index in [1.165, 1.54) is 24.3 Å². The molecule has 0 aliphatic carbocycles. The van der Waals surface area contributed by atoms with Crippen LogP contribution in [-0.2, 0) is 9.84 Å². The summed E-state index contributed by atoms with van der Waals surface area (Å²) in [5, 5.41) is 2.01. The topological polar surface area (TPSA) is 46.2 Å². The zero-order valence-corrected chi connectivity index (χ0v) is 12.9. The molecule has 0 saturated carbocycles. The summed E-state index contributed by atoms with van der Waals surface area (Å²) >= 11 is 5.76. The van der Waals surface area contributed by atoms with Gasteiger partial charge in [0.25, 0.3) is 0 Å². The van der Waals surface area contributed by atoms with Crippen LogP contribution in [0, 0.1) is 11.6 Å². The molecule has 0 bridgehead atoms. The van der Waals surface area contributed by atoms with Gasteiger partial charge in [0.15, 0.2) is 9.84 Å². The highest BCUT2D eigenvalue weighted by Crippen LogP contribution is 2.41. The van der Waals surface area contributed by atoms with Gasteiger partial charge in [0.2, 0.25) is 0 Å². The van der Waals surface area contributed by atoms with E-state index in [0.717, 1.165) is 12.1 Å². The molecule has 0 aromatic heterocycles. The number of hydrogen-bond acceptors (Lipinski definition) is 3. The maximum Gasteiger partial charge on any atom is 0.185 e. The first-order valence-electron chi connectivity index (χ1n) is 6.62. The minimum Gasteiger partial charge on any atom is -0.382 e. The zero-order valence-electron chi connectivity index (χ0n) is 11.3.